The van der Waals surface area contributed by atoms with Crippen LogP contribution in [0, 0.1) is 0 Å². The molecule has 18 heavy (non-hydrogen) atoms. The zero-order chi connectivity index (χ0) is 13.4. The number of hydrogen-bond donors (Lipinski definition) is 1. The first-order valence-electron chi connectivity index (χ1n) is 5.94. The molecule has 0 aromatic carbocycles. The Balaban J connectivity index is 2.15. The highest BCUT2D eigenvalue weighted by molar-refractivity contribution is 9.10. The van der Waals surface area contributed by atoms with Crippen LogP contribution in [0.1, 0.15) is 38.7 Å². The number of primary amides is 1. The largest absolute Gasteiger partial charge is 0.444 e. The van der Waals surface area contributed by atoms with Gasteiger partial charge in [-0.05, 0) is 72.2 Å². The third-order valence-corrected chi connectivity index (χ3v) is 3.77. The van der Waals surface area contributed by atoms with Gasteiger partial charge in [-0.2, -0.15) is 0 Å². The van der Waals surface area contributed by atoms with Gasteiger partial charge in [0, 0.05) is 6.20 Å². The number of hydrogen-bond acceptors (Lipinski definition) is 3. The molecule has 0 spiro atoms. The van der Waals surface area contributed by atoms with E-state index >= 15 is 0 Å². The molecule has 1 saturated carbocycles. The van der Waals surface area contributed by atoms with Gasteiger partial charge < -0.3 is 10.5 Å². The van der Waals surface area contributed by atoms with E-state index in [0.717, 1.165) is 23.9 Å². The second-order valence-electron chi connectivity index (χ2n) is 5.51. The lowest BCUT2D eigenvalue weighted by molar-refractivity contribution is 0.0313. The van der Waals surface area contributed by atoms with E-state index in [1.807, 2.05) is 26.0 Å². The number of nitrogens with zero attached hydrogens (tertiary/aromatic N) is 1. The minimum absolute atomic E-state index is 0.102. The summed E-state index contributed by atoms with van der Waals surface area (Å²) in [6.07, 6.45) is 4.07. The SMILES string of the molecule is CC(C)(CC1(c2ccnc(Br)c2)CC1)OC(N)=O. The van der Waals surface area contributed by atoms with Crippen LogP contribution in [0.3, 0.4) is 0 Å². The third kappa shape index (κ3) is 3.02. The van der Waals surface area contributed by atoms with Crippen molar-refractivity contribution >= 4 is 22.0 Å². The number of aromatic nitrogens is 1. The van der Waals surface area contributed by atoms with Crippen LogP contribution in [0.25, 0.3) is 0 Å². The Hall–Kier alpha value is -1.10. The van der Waals surface area contributed by atoms with E-state index in [-0.39, 0.29) is 5.41 Å². The van der Waals surface area contributed by atoms with Gasteiger partial charge in [0.05, 0.1) is 0 Å². The lowest BCUT2D eigenvalue weighted by atomic mass is 9.85. The fraction of sp³-hybridized carbons (Fsp3) is 0.538. The van der Waals surface area contributed by atoms with Gasteiger partial charge in [0.25, 0.3) is 0 Å². The minimum atomic E-state index is -0.716. The first-order chi connectivity index (χ1) is 8.33. The third-order valence-electron chi connectivity index (χ3n) is 3.33. The fourth-order valence-electron chi connectivity index (χ4n) is 2.57. The number of carbonyl (C=O) groups is 1. The van der Waals surface area contributed by atoms with E-state index < -0.39 is 11.7 Å². The molecule has 0 unspecified atom stereocenters. The summed E-state index contributed by atoms with van der Waals surface area (Å²) in [5.41, 5.74) is 5.90. The topological polar surface area (TPSA) is 65.2 Å². The first-order valence-corrected chi connectivity index (χ1v) is 6.73. The second kappa shape index (κ2) is 4.53. The Kier molecular flexibility index (Phi) is 3.36. The highest BCUT2D eigenvalue weighted by Gasteiger charge is 2.48. The molecular formula is C13H17BrN2O2. The summed E-state index contributed by atoms with van der Waals surface area (Å²) in [7, 11) is 0. The molecule has 1 aliphatic rings. The van der Waals surface area contributed by atoms with Crippen molar-refractivity contribution in [1.29, 1.82) is 0 Å². The van der Waals surface area contributed by atoms with Crippen LogP contribution in [-0.4, -0.2) is 16.7 Å². The van der Waals surface area contributed by atoms with Gasteiger partial charge in [-0.25, -0.2) is 9.78 Å². The maximum atomic E-state index is 10.9. The smallest absolute Gasteiger partial charge is 0.405 e. The van der Waals surface area contributed by atoms with E-state index in [0.29, 0.717) is 0 Å². The Labute approximate surface area is 115 Å². The van der Waals surface area contributed by atoms with Crippen molar-refractivity contribution in [3.05, 3.63) is 28.5 Å². The summed E-state index contributed by atoms with van der Waals surface area (Å²) in [5, 5.41) is 0. The van der Waals surface area contributed by atoms with Crippen molar-refractivity contribution < 1.29 is 9.53 Å². The zero-order valence-electron chi connectivity index (χ0n) is 10.6. The second-order valence-corrected chi connectivity index (χ2v) is 6.32. The van der Waals surface area contributed by atoms with Crippen LogP contribution in [-0.2, 0) is 10.2 Å². The number of halogens is 1. The van der Waals surface area contributed by atoms with Crippen LogP contribution in [0.2, 0.25) is 0 Å². The van der Waals surface area contributed by atoms with Crippen molar-refractivity contribution in [2.24, 2.45) is 5.73 Å². The predicted octanol–water partition coefficient (Wildman–Crippen LogP) is 3.14. The quantitative estimate of drug-likeness (QED) is 0.869. The molecule has 98 valence electrons. The molecule has 0 radical (unpaired) electrons. The Morgan fingerprint density at radius 3 is 2.78 bits per heavy atom. The van der Waals surface area contributed by atoms with E-state index in [1.54, 1.807) is 6.20 Å². The summed E-state index contributed by atoms with van der Waals surface area (Å²) in [6.45, 7) is 3.79. The monoisotopic (exact) mass is 312 g/mol. The molecule has 0 atom stereocenters. The van der Waals surface area contributed by atoms with Crippen LogP contribution in [0.4, 0.5) is 4.79 Å². The van der Waals surface area contributed by atoms with Gasteiger partial charge in [-0.15, -0.1) is 0 Å². The number of nitrogens with two attached hydrogens (primary N) is 1. The van der Waals surface area contributed by atoms with E-state index in [1.165, 1.54) is 5.56 Å². The molecule has 1 aliphatic carbocycles. The van der Waals surface area contributed by atoms with Gasteiger partial charge >= 0.3 is 6.09 Å². The molecule has 5 heteroatoms. The summed E-state index contributed by atoms with van der Waals surface area (Å²) >= 11 is 3.39. The highest BCUT2D eigenvalue weighted by Crippen LogP contribution is 2.53. The summed E-state index contributed by atoms with van der Waals surface area (Å²) < 4.78 is 6.01. The van der Waals surface area contributed by atoms with Crippen molar-refractivity contribution in [1.82, 2.24) is 4.98 Å². The fourth-order valence-corrected chi connectivity index (χ4v) is 2.94. The molecule has 1 aromatic heterocycles. The number of pyridine rings is 1. The van der Waals surface area contributed by atoms with Crippen LogP contribution in [0.15, 0.2) is 22.9 Å². The van der Waals surface area contributed by atoms with E-state index in [4.69, 9.17) is 10.5 Å². The lowest BCUT2D eigenvalue weighted by Crippen LogP contribution is -2.34. The number of carbonyl (C=O) groups excluding carboxylic acids is 1. The molecular weight excluding hydrogens is 296 g/mol. The Morgan fingerprint density at radius 2 is 2.28 bits per heavy atom. The molecule has 0 aliphatic heterocycles. The normalized spacial score (nSPS) is 17.3. The van der Waals surface area contributed by atoms with Gasteiger partial charge in [0.1, 0.15) is 10.2 Å². The predicted molar refractivity (Wildman–Crippen MR) is 72.2 cm³/mol. The summed E-state index contributed by atoms with van der Waals surface area (Å²) in [6, 6.07) is 4.06. The average Bonchev–Trinajstić information content (AvgIpc) is 2.95. The molecule has 0 bridgehead atoms. The van der Waals surface area contributed by atoms with Crippen LogP contribution >= 0.6 is 15.9 Å². The van der Waals surface area contributed by atoms with Crippen molar-refractivity contribution in [3.8, 4) is 0 Å². The highest BCUT2D eigenvalue weighted by atomic mass is 79.9. The van der Waals surface area contributed by atoms with Gasteiger partial charge in [0.15, 0.2) is 0 Å². The van der Waals surface area contributed by atoms with Gasteiger partial charge in [-0.1, -0.05) is 0 Å². The summed E-state index contributed by atoms with van der Waals surface area (Å²) in [4.78, 5) is 15.0. The molecule has 1 fully saturated rings. The van der Waals surface area contributed by atoms with Crippen molar-refractivity contribution in [3.63, 3.8) is 0 Å². The van der Waals surface area contributed by atoms with Crippen molar-refractivity contribution in [2.75, 3.05) is 0 Å². The Bertz CT molecular complexity index is 470. The van der Waals surface area contributed by atoms with Crippen molar-refractivity contribution in [2.45, 2.75) is 44.1 Å². The molecule has 2 N–H and O–H groups in total. The van der Waals surface area contributed by atoms with Crippen LogP contribution < -0.4 is 5.73 Å². The average molecular weight is 313 g/mol. The van der Waals surface area contributed by atoms with Gasteiger partial charge in [-0.3, -0.25) is 0 Å². The van der Waals surface area contributed by atoms with Gasteiger partial charge in [0.2, 0.25) is 0 Å². The van der Waals surface area contributed by atoms with Crippen LogP contribution in [0.5, 0.6) is 0 Å². The number of amides is 1. The molecule has 4 nitrogen and oxygen atoms in total. The lowest BCUT2D eigenvalue weighted by Gasteiger charge is -2.29. The maximum absolute atomic E-state index is 10.9. The van der Waals surface area contributed by atoms with E-state index in [2.05, 4.69) is 20.9 Å². The number of rotatable bonds is 4. The molecule has 1 heterocycles. The maximum Gasteiger partial charge on any atom is 0.405 e. The molecule has 0 saturated heterocycles. The Morgan fingerprint density at radius 1 is 1.61 bits per heavy atom. The minimum Gasteiger partial charge on any atom is -0.444 e. The molecule has 1 amide bonds. The van der Waals surface area contributed by atoms with E-state index in [9.17, 15) is 4.79 Å². The zero-order valence-corrected chi connectivity index (χ0v) is 12.2. The number of ether oxygens (including phenoxy) is 1. The standard InChI is InChI=1S/C13H17BrN2O2/c1-12(2,18-11(15)17)8-13(4-5-13)9-3-6-16-10(14)7-9/h3,6-7H,4-5,8H2,1-2H3,(H2,15,17). The summed E-state index contributed by atoms with van der Waals surface area (Å²) in [5.74, 6) is 0. The molecule has 1 aromatic rings. The molecule has 2 rings (SSSR count). The first kappa shape index (κ1) is 13.3.